The van der Waals surface area contributed by atoms with Crippen LogP contribution in [0, 0.1) is 17.1 Å². The Balaban J connectivity index is 1.60. The van der Waals surface area contributed by atoms with Gasteiger partial charge in [0.05, 0.1) is 48.9 Å². The first-order valence-corrected chi connectivity index (χ1v) is 11.2. The summed E-state index contributed by atoms with van der Waals surface area (Å²) in [6.07, 6.45) is 2.22. The first-order chi connectivity index (χ1) is 16.5. The van der Waals surface area contributed by atoms with Crippen molar-refractivity contribution in [2.45, 2.75) is 6.42 Å². The molecule has 3 aromatic rings. The van der Waals surface area contributed by atoms with Gasteiger partial charge >= 0.3 is 0 Å². The number of ether oxygens (including phenoxy) is 3. The number of phenolic OH excluding ortho intramolecular Hbond substituents is 1. The second-order valence-corrected chi connectivity index (χ2v) is 8.12. The van der Waals surface area contributed by atoms with E-state index in [2.05, 4.69) is 21.3 Å². The van der Waals surface area contributed by atoms with Crippen LogP contribution in [0.2, 0.25) is 5.02 Å². The maximum atomic E-state index is 14.5. The molecule has 0 unspecified atom stereocenters. The van der Waals surface area contributed by atoms with Gasteiger partial charge in [0.2, 0.25) is 0 Å². The summed E-state index contributed by atoms with van der Waals surface area (Å²) in [4.78, 5) is 6.72. The SMILES string of the molecule is COc1c(OCCCN2CCOCC2)ccc2c(Nc3cc(O)c(Cl)cc3F)c(C#N)cnc12. The lowest BCUT2D eigenvalue weighted by Gasteiger charge is -2.26. The highest BCUT2D eigenvalue weighted by atomic mass is 35.5. The molecule has 1 aliphatic rings. The largest absolute Gasteiger partial charge is 0.506 e. The van der Waals surface area contributed by atoms with Crippen molar-refractivity contribution in [1.29, 1.82) is 5.26 Å². The van der Waals surface area contributed by atoms with E-state index >= 15 is 0 Å². The van der Waals surface area contributed by atoms with Crippen LogP contribution < -0.4 is 14.8 Å². The van der Waals surface area contributed by atoms with E-state index in [0.717, 1.165) is 51.4 Å². The second-order valence-electron chi connectivity index (χ2n) is 7.72. The van der Waals surface area contributed by atoms with Gasteiger partial charge < -0.3 is 24.6 Å². The van der Waals surface area contributed by atoms with Crippen molar-refractivity contribution in [2.24, 2.45) is 0 Å². The van der Waals surface area contributed by atoms with Crippen molar-refractivity contribution in [3.63, 3.8) is 0 Å². The van der Waals surface area contributed by atoms with E-state index in [1.807, 2.05) is 0 Å². The van der Waals surface area contributed by atoms with E-state index in [1.165, 1.54) is 13.3 Å². The molecule has 1 aliphatic heterocycles. The highest BCUT2D eigenvalue weighted by Gasteiger charge is 2.18. The summed E-state index contributed by atoms with van der Waals surface area (Å²) >= 11 is 5.78. The Hall–Kier alpha value is -3.32. The molecule has 0 amide bonds. The highest BCUT2D eigenvalue weighted by molar-refractivity contribution is 6.32. The number of pyridine rings is 1. The third-order valence-electron chi connectivity index (χ3n) is 5.56. The van der Waals surface area contributed by atoms with Crippen LogP contribution in [-0.4, -0.2) is 61.6 Å². The van der Waals surface area contributed by atoms with Crippen molar-refractivity contribution in [2.75, 3.05) is 51.9 Å². The van der Waals surface area contributed by atoms with Gasteiger partial charge in [-0.2, -0.15) is 5.26 Å². The normalized spacial score (nSPS) is 14.1. The number of hydrogen-bond acceptors (Lipinski definition) is 8. The molecule has 0 spiro atoms. The van der Waals surface area contributed by atoms with Crippen LogP contribution in [0.4, 0.5) is 15.8 Å². The maximum absolute atomic E-state index is 14.5. The van der Waals surface area contributed by atoms with Gasteiger partial charge in [-0.25, -0.2) is 4.39 Å². The minimum Gasteiger partial charge on any atom is -0.506 e. The summed E-state index contributed by atoms with van der Waals surface area (Å²) in [5.41, 5.74) is 0.939. The van der Waals surface area contributed by atoms with E-state index < -0.39 is 5.82 Å². The predicted molar refractivity (Wildman–Crippen MR) is 127 cm³/mol. The van der Waals surface area contributed by atoms with Gasteiger partial charge in [-0.15, -0.1) is 0 Å². The van der Waals surface area contributed by atoms with Crippen LogP contribution >= 0.6 is 11.6 Å². The fourth-order valence-corrected chi connectivity index (χ4v) is 3.97. The Bertz CT molecular complexity index is 1230. The number of halogens is 2. The van der Waals surface area contributed by atoms with E-state index in [1.54, 1.807) is 12.1 Å². The Labute approximate surface area is 201 Å². The van der Waals surface area contributed by atoms with E-state index in [0.29, 0.717) is 34.7 Å². The quantitative estimate of drug-likeness (QED) is 0.450. The van der Waals surface area contributed by atoms with Crippen LogP contribution in [0.3, 0.4) is 0 Å². The Morgan fingerprint density at radius 2 is 2.12 bits per heavy atom. The molecule has 1 fully saturated rings. The molecule has 2 N–H and O–H groups in total. The summed E-state index contributed by atoms with van der Waals surface area (Å²) in [5, 5.41) is 22.8. The number of phenols is 1. The Kier molecular flexibility index (Phi) is 7.53. The van der Waals surface area contributed by atoms with Crippen molar-refractivity contribution in [1.82, 2.24) is 9.88 Å². The molecule has 0 aliphatic carbocycles. The van der Waals surface area contributed by atoms with Crippen LogP contribution in [0.15, 0.2) is 30.5 Å². The summed E-state index contributed by atoms with van der Waals surface area (Å²) in [7, 11) is 1.51. The number of aromatic hydroxyl groups is 1. The van der Waals surface area contributed by atoms with Gasteiger partial charge in [0, 0.05) is 37.3 Å². The lowest BCUT2D eigenvalue weighted by Crippen LogP contribution is -2.37. The fourth-order valence-electron chi connectivity index (χ4n) is 3.81. The topological polar surface area (TPSA) is 99.9 Å². The van der Waals surface area contributed by atoms with Crippen LogP contribution in [0.5, 0.6) is 17.2 Å². The number of aromatic nitrogens is 1. The van der Waals surface area contributed by atoms with Crippen LogP contribution in [0.1, 0.15) is 12.0 Å². The smallest absolute Gasteiger partial charge is 0.187 e. The number of nitrogens with zero attached hydrogens (tertiary/aromatic N) is 3. The molecule has 8 nitrogen and oxygen atoms in total. The zero-order valence-electron chi connectivity index (χ0n) is 18.6. The lowest BCUT2D eigenvalue weighted by molar-refractivity contribution is 0.0357. The average Bonchev–Trinajstić information content (AvgIpc) is 2.85. The highest BCUT2D eigenvalue weighted by Crippen LogP contribution is 2.40. The number of benzene rings is 2. The summed E-state index contributed by atoms with van der Waals surface area (Å²) in [6, 6.07) is 7.69. The van der Waals surface area contributed by atoms with Crippen molar-refractivity contribution < 1.29 is 23.7 Å². The van der Waals surface area contributed by atoms with Gasteiger partial charge in [0.1, 0.15) is 23.2 Å². The minimum atomic E-state index is -0.677. The van der Waals surface area contributed by atoms with Gasteiger partial charge in [0.25, 0.3) is 0 Å². The zero-order chi connectivity index (χ0) is 24.1. The molecule has 34 heavy (non-hydrogen) atoms. The molecule has 10 heteroatoms. The van der Waals surface area contributed by atoms with E-state index in [4.69, 9.17) is 25.8 Å². The Morgan fingerprint density at radius 3 is 2.85 bits per heavy atom. The molecular weight excluding hydrogens is 463 g/mol. The minimum absolute atomic E-state index is 0.0340. The standard InChI is InChI=1S/C24H24ClFN4O4/c1-32-24-21(34-8-2-5-30-6-9-33-10-7-30)4-3-16-22(15(13-27)14-28-23(16)24)29-19-12-20(31)17(25)11-18(19)26/h3-4,11-12,14,31H,2,5-10H2,1H3,(H,28,29). The summed E-state index contributed by atoms with van der Waals surface area (Å²) < 4.78 is 31.4. The molecule has 178 valence electrons. The number of nitriles is 1. The van der Waals surface area contributed by atoms with Gasteiger partial charge in [-0.05, 0) is 24.6 Å². The lowest BCUT2D eigenvalue weighted by atomic mass is 10.1. The number of anilines is 2. The second kappa shape index (κ2) is 10.7. The summed E-state index contributed by atoms with van der Waals surface area (Å²) in [6.45, 7) is 4.77. The fraction of sp³-hybridized carbons (Fsp3) is 0.333. The molecule has 0 bridgehead atoms. The number of morpholine rings is 1. The molecule has 1 saturated heterocycles. The predicted octanol–water partition coefficient (Wildman–Crippen LogP) is 4.46. The number of methoxy groups -OCH3 is 1. The molecular formula is C24H24ClFN4O4. The van der Waals surface area contributed by atoms with E-state index in [-0.39, 0.29) is 22.0 Å². The molecule has 1 aromatic heterocycles. The number of nitrogens with one attached hydrogen (secondary N) is 1. The third-order valence-corrected chi connectivity index (χ3v) is 5.86. The Morgan fingerprint density at radius 1 is 1.32 bits per heavy atom. The zero-order valence-corrected chi connectivity index (χ0v) is 19.4. The van der Waals surface area contributed by atoms with Gasteiger partial charge in [-0.3, -0.25) is 9.88 Å². The van der Waals surface area contributed by atoms with Crippen molar-refractivity contribution in [3.05, 3.63) is 46.9 Å². The average molecular weight is 487 g/mol. The summed E-state index contributed by atoms with van der Waals surface area (Å²) in [5.74, 6) is -0.0251. The van der Waals surface area contributed by atoms with E-state index in [9.17, 15) is 14.8 Å². The van der Waals surface area contributed by atoms with Crippen molar-refractivity contribution >= 4 is 33.9 Å². The van der Waals surface area contributed by atoms with Gasteiger partial charge in [0.15, 0.2) is 11.5 Å². The first-order valence-electron chi connectivity index (χ1n) is 10.8. The van der Waals surface area contributed by atoms with Crippen LogP contribution in [-0.2, 0) is 4.74 Å². The number of fused-ring (bicyclic) bond motifs is 1. The molecule has 0 saturated carbocycles. The number of hydrogen-bond donors (Lipinski definition) is 2. The monoisotopic (exact) mass is 486 g/mol. The third kappa shape index (κ3) is 5.09. The molecule has 0 atom stereocenters. The molecule has 0 radical (unpaired) electrons. The van der Waals surface area contributed by atoms with Crippen molar-refractivity contribution in [3.8, 4) is 23.3 Å². The van der Waals surface area contributed by atoms with Crippen LogP contribution in [0.25, 0.3) is 10.9 Å². The van der Waals surface area contributed by atoms with Gasteiger partial charge in [-0.1, -0.05) is 11.6 Å². The molecule has 2 heterocycles. The number of rotatable bonds is 8. The maximum Gasteiger partial charge on any atom is 0.187 e. The molecule has 2 aromatic carbocycles. The molecule has 4 rings (SSSR count). The first kappa shape index (κ1) is 23.8.